The van der Waals surface area contributed by atoms with Gasteiger partial charge in [-0.1, -0.05) is 72.3 Å². The van der Waals surface area contributed by atoms with Crippen molar-refractivity contribution in [3.05, 3.63) is 95.0 Å². The van der Waals surface area contributed by atoms with Crippen molar-refractivity contribution < 1.29 is 4.74 Å². The van der Waals surface area contributed by atoms with E-state index in [-0.39, 0.29) is 0 Å². The van der Waals surface area contributed by atoms with E-state index in [0.717, 1.165) is 46.0 Å². The molecule has 4 heteroatoms. The van der Waals surface area contributed by atoms with Crippen LogP contribution in [0.4, 0.5) is 0 Å². The van der Waals surface area contributed by atoms with E-state index in [1.54, 1.807) is 0 Å². The highest BCUT2D eigenvalue weighted by atomic mass is 35.5. The van der Waals surface area contributed by atoms with E-state index in [0.29, 0.717) is 6.73 Å². The van der Waals surface area contributed by atoms with Crippen LogP contribution in [0.15, 0.2) is 78.9 Å². The molecule has 1 aliphatic rings. The number of halogens is 1. The van der Waals surface area contributed by atoms with Crippen LogP contribution in [0.5, 0.6) is 5.75 Å². The highest BCUT2D eigenvalue weighted by Crippen LogP contribution is 2.39. The molecule has 0 saturated carbocycles. The summed E-state index contributed by atoms with van der Waals surface area (Å²) in [6, 6.07) is 26.5. The summed E-state index contributed by atoms with van der Waals surface area (Å²) in [6.07, 6.45) is 0. The Morgan fingerprint density at radius 3 is 2.61 bits per heavy atom. The number of nitrogens with zero attached hydrogens (tertiary/aromatic N) is 2. The Kier molecular flexibility index (Phi) is 4.47. The Bertz CT molecular complexity index is 1140. The van der Waals surface area contributed by atoms with Crippen LogP contribution < -0.4 is 4.74 Å². The number of aromatic nitrogens is 1. The van der Waals surface area contributed by atoms with Crippen molar-refractivity contribution in [3.8, 4) is 17.0 Å². The SMILES string of the molecule is Clc1cccc(CN2COc3c(-c4ccccc4)nc4ccccc4c3C2)c1. The molecular weight excluding hydrogens is 368 g/mol. The lowest BCUT2D eigenvalue weighted by Crippen LogP contribution is -2.32. The molecule has 0 amide bonds. The van der Waals surface area contributed by atoms with E-state index in [1.807, 2.05) is 42.5 Å². The lowest BCUT2D eigenvalue weighted by atomic mass is 10.0. The summed E-state index contributed by atoms with van der Waals surface area (Å²) in [5, 5.41) is 1.91. The van der Waals surface area contributed by atoms with Crippen LogP contribution in [0.3, 0.4) is 0 Å². The van der Waals surface area contributed by atoms with E-state index in [1.165, 1.54) is 11.1 Å². The van der Waals surface area contributed by atoms with Crippen LogP contribution in [-0.4, -0.2) is 16.6 Å². The summed E-state index contributed by atoms with van der Waals surface area (Å²) in [4.78, 5) is 7.21. The second-order valence-corrected chi connectivity index (χ2v) is 7.48. The molecule has 0 fully saturated rings. The van der Waals surface area contributed by atoms with E-state index < -0.39 is 0 Å². The van der Waals surface area contributed by atoms with E-state index >= 15 is 0 Å². The van der Waals surface area contributed by atoms with Gasteiger partial charge in [0, 0.05) is 34.6 Å². The molecule has 0 unspecified atom stereocenters. The third-order valence-electron chi connectivity index (χ3n) is 5.07. The van der Waals surface area contributed by atoms with Crippen LogP contribution in [0, 0.1) is 0 Å². The first kappa shape index (κ1) is 17.2. The summed E-state index contributed by atoms with van der Waals surface area (Å²) in [5.74, 6) is 0.896. The fourth-order valence-electron chi connectivity index (χ4n) is 3.79. The Labute approximate surface area is 169 Å². The molecule has 1 aliphatic heterocycles. The zero-order valence-electron chi connectivity index (χ0n) is 15.3. The third kappa shape index (κ3) is 3.24. The molecule has 138 valence electrons. The van der Waals surface area contributed by atoms with Crippen molar-refractivity contribution in [2.45, 2.75) is 13.1 Å². The highest BCUT2D eigenvalue weighted by Gasteiger charge is 2.24. The van der Waals surface area contributed by atoms with Crippen LogP contribution in [-0.2, 0) is 13.1 Å². The first-order valence-electron chi connectivity index (χ1n) is 9.34. The lowest BCUT2D eigenvalue weighted by Gasteiger charge is -2.31. The number of fused-ring (bicyclic) bond motifs is 3. The Balaban J connectivity index is 1.57. The predicted octanol–water partition coefficient (Wildman–Crippen LogP) is 5.91. The molecule has 2 heterocycles. The van der Waals surface area contributed by atoms with Gasteiger partial charge in [-0.15, -0.1) is 0 Å². The Morgan fingerprint density at radius 1 is 0.929 bits per heavy atom. The van der Waals surface area contributed by atoms with Gasteiger partial charge in [-0.05, 0) is 23.8 Å². The van der Waals surface area contributed by atoms with Crippen LogP contribution >= 0.6 is 11.6 Å². The summed E-state index contributed by atoms with van der Waals surface area (Å²) in [7, 11) is 0. The molecule has 3 nitrogen and oxygen atoms in total. The molecule has 0 radical (unpaired) electrons. The maximum Gasteiger partial charge on any atom is 0.152 e. The number of para-hydroxylation sites is 1. The zero-order chi connectivity index (χ0) is 18.9. The minimum Gasteiger partial charge on any atom is -0.475 e. The largest absolute Gasteiger partial charge is 0.475 e. The van der Waals surface area contributed by atoms with Gasteiger partial charge in [0.2, 0.25) is 0 Å². The van der Waals surface area contributed by atoms with Gasteiger partial charge in [-0.2, -0.15) is 0 Å². The first-order valence-corrected chi connectivity index (χ1v) is 9.72. The van der Waals surface area contributed by atoms with Crippen molar-refractivity contribution in [1.82, 2.24) is 9.88 Å². The van der Waals surface area contributed by atoms with E-state index in [2.05, 4.69) is 41.3 Å². The van der Waals surface area contributed by atoms with Gasteiger partial charge in [0.25, 0.3) is 0 Å². The summed E-state index contributed by atoms with van der Waals surface area (Å²) in [6.45, 7) is 2.13. The number of hydrogen-bond donors (Lipinski definition) is 0. The first-order chi connectivity index (χ1) is 13.8. The van der Waals surface area contributed by atoms with Gasteiger partial charge in [-0.25, -0.2) is 4.98 Å². The molecular formula is C24H19ClN2O. The molecule has 0 atom stereocenters. The minimum atomic E-state index is 0.527. The Hall–Kier alpha value is -2.88. The van der Waals surface area contributed by atoms with Gasteiger partial charge in [-0.3, -0.25) is 4.90 Å². The molecule has 4 aromatic rings. The highest BCUT2D eigenvalue weighted by molar-refractivity contribution is 6.30. The standard InChI is InChI=1S/C24H19ClN2O/c25-19-10-6-7-17(13-19)14-27-15-21-20-11-4-5-12-22(20)26-23(24(21)28-16-27)18-8-2-1-3-9-18/h1-13H,14-16H2. The molecule has 0 N–H and O–H groups in total. The van der Waals surface area contributed by atoms with E-state index in [9.17, 15) is 0 Å². The van der Waals surface area contributed by atoms with Crippen molar-refractivity contribution >= 4 is 22.5 Å². The zero-order valence-corrected chi connectivity index (χ0v) is 16.1. The molecule has 0 aliphatic carbocycles. The van der Waals surface area contributed by atoms with Crippen LogP contribution in [0.2, 0.25) is 5.02 Å². The van der Waals surface area contributed by atoms with Gasteiger partial charge in [0.15, 0.2) is 5.75 Å². The summed E-state index contributed by atoms with van der Waals surface area (Å²) in [5.41, 5.74) is 5.36. The number of ether oxygens (including phenoxy) is 1. The Morgan fingerprint density at radius 2 is 1.75 bits per heavy atom. The molecule has 1 aromatic heterocycles. The number of rotatable bonds is 3. The van der Waals surface area contributed by atoms with Gasteiger partial charge in [0.05, 0.1) is 5.52 Å². The molecule has 3 aromatic carbocycles. The smallest absolute Gasteiger partial charge is 0.152 e. The fourth-order valence-corrected chi connectivity index (χ4v) is 4.00. The van der Waals surface area contributed by atoms with E-state index in [4.69, 9.17) is 21.3 Å². The topological polar surface area (TPSA) is 25.4 Å². The van der Waals surface area contributed by atoms with Gasteiger partial charge < -0.3 is 4.74 Å². The predicted molar refractivity (Wildman–Crippen MR) is 113 cm³/mol. The molecule has 0 bridgehead atoms. The average molecular weight is 387 g/mol. The van der Waals surface area contributed by atoms with Crippen LogP contribution in [0.25, 0.3) is 22.2 Å². The normalized spacial score (nSPS) is 13.9. The summed E-state index contributed by atoms with van der Waals surface area (Å²) >= 11 is 6.15. The fraction of sp³-hybridized carbons (Fsp3) is 0.125. The van der Waals surface area contributed by atoms with Crippen molar-refractivity contribution in [2.75, 3.05) is 6.73 Å². The molecule has 0 spiro atoms. The average Bonchev–Trinajstić information content (AvgIpc) is 2.74. The van der Waals surface area contributed by atoms with Gasteiger partial charge in [0.1, 0.15) is 12.4 Å². The van der Waals surface area contributed by atoms with Crippen LogP contribution in [0.1, 0.15) is 11.1 Å². The second-order valence-electron chi connectivity index (χ2n) is 7.04. The van der Waals surface area contributed by atoms with Crippen molar-refractivity contribution in [1.29, 1.82) is 0 Å². The maximum absolute atomic E-state index is 6.26. The maximum atomic E-state index is 6.26. The number of pyridine rings is 1. The summed E-state index contributed by atoms with van der Waals surface area (Å²) < 4.78 is 6.26. The molecule has 28 heavy (non-hydrogen) atoms. The third-order valence-corrected chi connectivity index (χ3v) is 5.30. The van der Waals surface area contributed by atoms with Gasteiger partial charge >= 0.3 is 0 Å². The quantitative estimate of drug-likeness (QED) is 0.437. The number of hydrogen-bond acceptors (Lipinski definition) is 3. The van der Waals surface area contributed by atoms with Crippen molar-refractivity contribution in [2.24, 2.45) is 0 Å². The minimum absolute atomic E-state index is 0.527. The molecule has 5 rings (SSSR count). The second kappa shape index (κ2) is 7.27. The number of benzene rings is 3. The monoisotopic (exact) mass is 386 g/mol. The van der Waals surface area contributed by atoms with Crippen molar-refractivity contribution in [3.63, 3.8) is 0 Å². The molecule has 0 saturated heterocycles. The lowest BCUT2D eigenvalue weighted by molar-refractivity contribution is 0.0899.